The smallest absolute Gasteiger partial charge is 0.296 e. The van der Waals surface area contributed by atoms with E-state index < -0.39 is 119 Å². The fourth-order valence-electron chi connectivity index (χ4n) is 14.0. The van der Waals surface area contributed by atoms with Crippen molar-refractivity contribution >= 4 is 87.6 Å². The SMILES string of the molecule is CCC[C@H](NC(=O)[C@@H]1C[C@@H](Oc2ccc(Cl)cn2)CN1C(=O)[C@@H](NC(=O)[C@@H](N)C1CCCCC1)C(C)(C)C)C(O)C(=O)NC1CC1.CCC[C@H](NC(=O)[C@@H]1C[C@@H](Oc2ccc(Cl)cn2)CN1C(=O)[C@@H](NC(=O)[C@@H](Nc1nc2cc(OC)ccc2o1)C1CCCCC1)C(C)(C)C)C(O)C(=O)NC1CC1. The van der Waals surface area contributed by atoms with Gasteiger partial charge in [0.15, 0.2) is 17.8 Å². The molecule has 6 aliphatic rings. The minimum absolute atomic E-state index is 0.0174. The van der Waals surface area contributed by atoms with Crippen molar-refractivity contribution in [2.45, 2.75) is 269 Å². The van der Waals surface area contributed by atoms with E-state index in [1.165, 1.54) is 22.2 Å². The van der Waals surface area contributed by atoms with Crippen molar-refractivity contribution in [1.29, 1.82) is 0 Å². The van der Waals surface area contributed by atoms with Gasteiger partial charge >= 0.3 is 0 Å². The summed E-state index contributed by atoms with van der Waals surface area (Å²) in [5, 5.41) is 43.4. The third-order valence-electron chi connectivity index (χ3n) is 20.2. The number of methoxy groups -OCH3 is 1. The Balaban J connectivity index is 0.000000245. The summed E-state index contributed by atoms with van der Waals surface area (Å²) in [6, 6.07) is 4.74. The Bertz CT molecular complexity index is 3540. The van der Waals surface area contributed by atoms with E-state index in [2.05, 4.69) is 52.2 Å². The molecule has 12 atom stereocenters. The first-order valence-corrected chi connectivity index (χ1v) is 37.6. The summed E-state index contributed by atoms with van der Waals surface area (Å²) in [7, 11) is 1.57. The van der Waals surface area contributed by atoms with Crippen LogP contribution in [0.1, 0.15) is 184 Å². The minimum Gasteiger partial charge on any atom is -0.497 e. The largest absolute Gasteiger partial charge is 0.497 e. The number of hydrogen-bond donors (Lipinski definition) is 10. The number of aliphatic hydroxyl groups excluding tert-OH is 2. The number of likely N-dealkylation sites (tertiary alicyclic amines) is 2. The molecular weight excluding hydrogens is 1370 g/mol. The minimum atomic E-state index is -1.47. The van der Waals surface area contributed by atoms with E-state index in [-0.39, 0.29) is 79.4 Å². The molecule has 566 valence electrons. The molecule has 4 aliphatic carbocycles. The number of anilines is 1. The average Bonchev–Trinajstić information content (AvgIpc) is 1.72. The van der Waals surface area contributed by atoms with Gasteiger partial charge in [-0.15, -0.1) is 0 Å². The van der Waals surface area contributed by atoms with Gasteiger partial charge in [0, 0.05) is 55.5 Å². The molecule has 6 fully saturated rings. The average molecular weight is 1470 g/mol. The Kier molecular flexibility index (Phi) is 27.7. The maximum absolute atomic E-state index is 14.9. The number of hydrogen-bond acceptors (Lipinski definition) is 19. The van der Waals surface area contributed by atoms with E-state index in [1.54, 1.807) is 49.6 Å². The number of carbonyl (C=O) groups excluding carboxylic acids is 8. The van der Waals surface area contributed by atoms with Crippen LogP contribution < -0.4 is 57.2 Å². The molecule has 27 nitrogen and oxygen atoms in total. The number of benzene rings is 1. The number of aromatic nitrogens is 3. The predicted octanol–water partition coefficient (Wildman–Crippen LogP) is 7.20. The topological polar surface area (TPSA) is 373 Å². The first kappa shape index (κ1) is 79.5. The lowest BCUT2D eigenvalue weighted by Gasteiger charge is -2.37. The molecule has 4 saturated carbocycles. The zero-order valence-corrected chi connectivity index (χ0v) is 62.4. The van der Waals surface area contributed by atoms with Crippen molar-refractivity contribution in [3.63, 3.8) is 0 Å². The summed E-state index contributed by atoms with van der Waals surface area (Å²) in [5.41, 5.74) is 6.01. The lowest BCUT2D eigenvalue weighted by atomic mass is 9.82. The number of rotatable bonds is 29. The lowest BCUT2D eigenvalue weighted by Crippen LogP contribution is -2.61. The van der Waals surface area contributed by atoms with Crippen LogP contribution in [-0.4, -0.2) is 187 Å². The summed E-state index contributed by atoms with van der Waals surface area (Å²) in [6.45, 7) is 15.0. The number of nitrogens with two attached hydrogens (primary N) is 1. The molecular formula is C74H107Cl2N13O14. The van der Waals surface area contributed by atoms with Crippen molar-refractivity contribution in [3.05, 3.63) is 64.9 Å². The van der Waals surface area contributed by atoms with Crippen molar-refractivity contribution in [3.8, 4) is 17.5 Å². The van der Waals surface area contributed by atoms with Gasteiger partial charge in [-0.05, 0) is 111 Å². The molecule has 2 aliphatic heterocycles. The molecule has 10 rings (SSSR count). The second-order valence-corrected chi connectivity index (χ2v) is 31.6. The molecule has 1 aromatic carbocycles. The standard InChI is InChI=1S/C41H56ClN7O8.C33H51ClN6O6/c1-6-10-28(34(50)38(53)44-25-14-15-25)45-36(51)30-20-27(56-32-18-13-24(42)21-43-32)22-49(30)39(54)35(41(2,3)4)48-37(52)33(23-11-8-7-9-12-23)47-40-46-29-19-26(55-5)16-17-31(29)57-40;1-5-9-23(27(41)31(44)37-21-13-14-21)38-29(42)24-16-22(46-25-15-12-20(34)17-36-25)18-40(24)32(45)28(33(2,3)4)39-30(43)26(35)19-10-7-6-8-11-19/h13,16-19,21,23,25,27-28,30,33-35,50H,6-12,14-15,20,22H2,1-5H3,(H,44,53)(H,45,51)(H,46,47)(H,48,52);12,15,17,19,21-24,26-28,41H,5-11,13-14,16,18,35H2,1-4H3,(H,37,44)(H,38,42)(H,39,43)/t27-,28+,30+,33+,34?,35-;22-,23+,24+,26+,27?,28-/m11/s1. The summed E-state index contributed by atoms with van der Waals surface area (Å²) < 4.78 is 23.6. The Labute approximate surface area is 613 Å². The van der Waals surface area contributed by atoms with E-state index in [9.17, 15) is 48.6 Å². The van der Waals surface area contributed by atoms with Crippen LogP contribution >= 0.6 is 23.2 Å². The van der Waals surface area contributed by atoms with Crippen LogP contribution in [0.3, 0.4) is 0 Å². The number of pyridine rings is 2. The van der Waals surface area contributed by atoms with Crippen LogP contribution in [0.4, 0.5) is 6.01 Å². The highest BCUT2D eigenvalue weighted by Gasteiger charge is 2.50. The Morgan fingerprint density at radius 1 is 0.602 bits per heavy atom. The fraction of sp³-hybridized carbons (Fsp3) is 0.662. The highest BCUT2D eigenvalue weighted by molar-refractivity contribution is 6.30. The van der Waals surface area contributed by atoms with Crippen LogP contribution in [0.2, 0.25) is 10.0 Å². The maximum Gasteiger partial charge on any atom is 0.296 e. The van der Waals surface area contributed by atoms with Crippen LogP contribution in [0.5, 0.6) is 17.5 Å². The molecule has 2 unspecified atom stereocenters. The Morgan fingerprint density at radius 3 is 1.46 bits per heavy atom. The quantitative estimate of drug-likeness (QED) is 0.0257. The molecule has 0 bridgehead atoms. The molecule has 4 aromatic rings. The Hall–Kier alpha value is -7.59. The first-order chi connectivity index (χ1) is 49.0. The summed E-state index contributed by atoms with van der Waals surface area (Å²) in [5.74, 6) is -2.61. The zero-order valence-electron chi connectivity index (χ0n) is 60.9. The summed E-state index contributed by atoms with van der Waals surface area (Å²) >= 11 is 12.0. The van der Waals surface area contributed by atoms with Gasteiger partial charge in [0.2, 0.25) is 47.2 Å². The number of ether oxygens (including phenoxy) is 3. The highest BCUT2D eigenvalue weighted by Crippen LogP contribution is 2.35. The van der Waals surface area contributed by atoms with Gasteiger partial charge in [-0.1, -0.05) is 130 Å². The van der Waals surface area contributed by atoms with E-state index >= 15 is 0 Å². The number of halogens is 2. The molecule has 3 aromatic heterocycles. The molecule has 8 amide bonds. The normalized spacial score (nSPS) is 21.9. The van der Waals surface area contributed by atoms with E-state index in [1.807, 2.05) is 55.4 Å². The van der Waals surface area contributed by atoms with Crippen molar-refractivity contribution in [1.82, 2.24) is 56.7 Å². The number of amides is 8. The highest BCUT2D eigenvalue weighted by atomic mass is 35.5. The van der Waals surface area contributed by atoms with Crippen molar-refractivity contribution < 1.29 is 67.2 Å². The number of fused-ring (bicyclic) bond motifs is 1. The van der Waals surface area contributed by atoms with Gasteiger partial charge < -0.3 is 81.6 Å². The predicted molar refractivity (Wildman–Crippen MR) is 387 cm³/mol. The fourth-order valence-corrected chi connectivity index (χ4v) is 14.3. The second-order valence-electron chi connectivity index (χ2n) is 30.8. The van der Waals surface area contributed by atoms with Crippen molar-refractivity contribution in [2.75, 3.05) is 25.5 Å². The molecule has 29 heteroatoms. The van der Waals surface area contributed by atoms with Gasteiger partial charge in [-0.3, -0.25) is 38.4 Å². The van der Waals surface area contributed by atoms with Crippen LogP contribution in [-0.2, 0) is 38.4 Å². The molecule has 103 heavy (non-hydrogen) atoms. The number of nitrogens with zero attached hydrogens (tertiary/aromatic N) is 5. The molecule has 11 N–H and O–H groups in total. The van der Waals surface area contributed by atoms with Gasteiger partial charge in [0.1, 0.15) is 53.7 Å². The van der Waals surface area contributed by atoms with E-state index in [4.69, 9.17) is 47.6 Å². The van der Waals surface area contributed by atoms with Crippen LogP contribution in [0, 0.1) is 22.7 Å². The second kappa shape index (κ2) is 35.9. The lowest BCUT2D eigenvalue weighted by molar-refractivity contribution is -0.145. The van der Waals surface area contributed by atoms with E-state index in [0.717, 1.165) is 89.9 Å². The van der Waals surface area contributed by atoms with Crippen molar-refractivity contribution in [2.24, 2.45) is 28.4 Å². The number of nitrogens with one attached hydrogen (secondary N) is 7. The van der Waals surface area contributed by atoms with Gasteiger partial charge in [0.05, 0.1) is 48.4 Å². The number of oxazole rings is 1. The summed E-state index contributed by atoms with van der Waals surface area (Å²) in [6.07, 6.45) is 13.9. The zero-order chi connectivity index (χ0) is 74.4. The number of aliphatic hydroxyl groups is 2. The van der Waals surface area contributed by atoms with Gasteiger partial charge in [-0.25, -0.2) is 9.97 Å². The Morgan fingerprint density at radius 2 is 1.05 bits per heavy atom. The molecule has 0 radical (unpaired) electrons. The van der Waals surface area contributed by atoms with E-state index in [0.29, 0.717) is 52.6 Å². The molecule has 5 heterocycles. The first-order valence-electron chi connectivity index (χ1n) is 36.8. The maximum atomic E-state index is 14.9. The van der Waals surface area contributed by atoms with Crippen LogP contribution in [0.15, 0.2) is 59.3 Å². The number of carbonyl (C=O) groups is 8. The van der Waals surface area contributed by atoms with Gasteiger partial charge in [0.25, 0.3) is 17.8 Å². The summed E-state index contributed by atoms with van der Waals surface area (Å²) in [4.78, 5) is 127. The molecule has 0 spiro atoms. The third kappa shape index (κ3) is 22.0. The monoisotopic (exact) mass is 1470 g/mol. The van der Waals surface area contributed by atoms with Gasteiger partial charge in [-0.2, -0.15) is 4.98 Å². The molecule has 2 saturated heterocycles. The third-order valence-corrected chi connectivity index (χ3v) is 20.7. The van der Waals surface area contributed by atoms with Crippen LogP contribution in [0.25, 0.3) is 11.1 Å².